The number of esters is 1. The molecule has 1 aromatic rings. The molecule has 1 fully saturated rings. The monoisotopic (exact) mass is 428 g/mol. The Hall–Kier alpha value is -2.40. The first-order valence-corrected chi connectivity index (χ1v) is 11.1. The molecule has 0 saturated heterocycles. The van der Waals surface area contributed by atoms with Crippen LogP contribution < -0.4 is 4.74 Å². The molecule has 1 aliphatic rings. The van der Waals surface area contributed by atoms with Crippen molar-refractivity contribution in [2.24, 2.45) is 17.8 Å². The van der Waals surface area contributed by atoms with E-state index >= 15 is 0 Å². The zero-order valence-corrected chi connectivity index (χ0v) is 19.4. The average Bonchev–Trinajstić information content (AvgIpc) is 2.77. The van der Waals surface area contributed by atoms with E-state index in [1.165, 1.54) is 6.08 Å². The topological polar surface area (TPSA) is 61.8 Å². The van der Waals surface area contributed by atoms with E-state index in [2.05, 4.69) is 26.8 Å². The molecule has 1 aromatic carbocycles. The molecule has 5 nitrogen and oxygen atoms in total. The van der Waals surface area contributed by atoms with E-state index < -0.39 is 5.97 Å². The third-order valence-corrected chi connectivity index (χ3v) is 5.94. The van der Waals surface area contributed by atoms with Crippen LogP contribution in [0.2, 0.25) is 0 Å². The molecule has 0 aromatic heterocycles. The van der Waals surface area contributed by atoms with Crippen LogP contribution in [-0.2, 0) is 19.1 Å². The first kappa shape index (κ1) is 24.9. The quantitative estimate of drug-likeness (QED) is 0.221. The minimum absolute atomic E-state index is 0.0771. The summed E-state index contributed by atoms with van der Waals surface area (Å²) in [4.78, 5) is 24.2. The molecule has 0 N–H and O–H groups in total. The summed E-state index contributed by atoms with van der Waals surface area (Å²) < 4.78 is 16.7. The van der Waals surface area contributed by atoms with Gasteiger partial charge in [-0.2, -0.15) is 0 Å². The second-order valence-electron chi connectivity index (χ2n) is 8.60. The van der Waals surface area contributed by atoms with Crippen molar-refractivity contribution in [3.63, 3.8) is 0 Å². The van der Waals surface area contributed by atoms with Crippen molar-refractivity contribution in [2.45, 2.75) is 58.7 Å². The SMILES string of the molecule is COc1ccc(/C=C/C(=O)O[C@@H]2CC[C@H](C=O)[C@@H](/C(C)=C/CCC(C)C)[C@@H]2OC)cc1. The zero-order valence-electron chi connectivity index (χ0n) is 19.4. The molecule has 0 heterocycles. The predicted molar refractivity (Wildman–Crippen MR) is 123 cm³/mol. The Kier molecular flexibility index (Phi) is 9.99. The van der Waals surface area contributed by atoms with Crippen molar-refractivity contribution in [1.82, 2.24) is 0 Å². The van der Waals surface area contributed by atoms with Crippen molar-refractivity contribution in [3.8, 4) is 5.75 Å². The van der Waals surface area contributed by atoms with Crippen molar-refractivity contribution >= 4 is 18.3 Å². The number of ether oxygens (including phenoxy) is 3. The summed E-state index contributed by atoms with van der Waals surface area (Å²) in [5.74, 6) is 0.781. The van der Waals surface area contributed by atoms with Gasteiger partial charge in [0.25, 0.3) is 0 Å². The van der Waals surface area contributed by atoms with Gasteiger partial charge in [0.2, 0.25) is 0 Å². The molecule has 1 aliphatic carbocycles. The molecule has 1 saturated carbocycles. The van der Waals surface area contributed by atoms with Gasteiger partial charge in [-0.3, -0.25) is 0 Å². The molecule has 31 heavy (non-hydrogen) atoms. The third kappa shape index (κ3) is 7.35. The van der Waals surface area contributed by atoms with Crippen molar-refractivity contribution < 1.29 is 23.8 Å². The highest BCUT2D eigenvalue weighted by molar-refractivity contribution is 5.87. The van der Waals surface area contributed by atoms with Gasteiger partial charge in [0.05, 0.1) is 7.11 Å². The minimum atomic E-state index is -0.410. The Morgan fingerprint density at radius 2 is 1.87 bits per heavy atom. The normalized spacial score (nSPS) is 24.4. The number of methoxy groups -OCH3 is 2. The number of carbonyl (C=O) groups excluding carboxylic acids is 2. The van der Waals surface area contributed by atoms with E-state index in [-0.39, 0.29) is 24.0 Å². The van der Waals surface area contributed by atoms with Crippen LogP contribution in [0.1, 0.15) is 52.0 Å². The summed E-state index contributed by atoms with van der Waals surface area (Å²) in [7, 11) is 3.24. The summed E-state index contributed by atoms with van der Waals surface area (Å²) in [6.45, 7) is 6.46. The van der Waals surface area contributed by atoms with Crippen LogP contribution in [0.15, 0.2) is 42.0 Å². The molecule has 2 rings (SSSR count). The van der Waals surface area contributed by atoms with Gasteiger partial charge >= 0.3 is 5.97 Å². The molecule has 0 spiro atoms. The largest absolute Gasteiger partial charge is 0.497 e. The first-order chi connectivity index (χ1) is 14.9. The maximum atomic E-state index is 12.5. The highest BCUT2D eigenvalue weighted by Crippen LogP contribution is 2.37. The summed E-state index contributed by atoms with van der Waals surface area (Å²) in [6, 6.07) is 7.42. The van der Waals surface area contributed by atoms with Crippen LogP contribution in [-0.4, -0.2) is 38.7 Å². The number of carbonyl (C=O) groups is 2. The van der Waals surface area contributed by atoms with Gasteiger partial charge in [-0.05, 0) is 62.3 Å². The van der Waals surface area contributed by atoms with Crippen molar-refractivity contribution in [3.05, 3.63) is 47.6 Å². The van der Waals surface area contributed by atoms with Gasteiger partial charge in [-0.25, -0.2) is 4.79 Å². The molecular weight excluding hydrogens is 392 g/mol. The average molecular weight is 429 g/mol. The fourth-order valence-corrected chi connectivity index (χ4v) is 4.20. The molecule has 5 heteroatoms. The van der Waals surface area contributed by atoms with E-state index in [1.807, 2.05) is 24.3 Å². The Balaban J connectivity index is 2.07. The summed E-state index contributed by atoms with van der Waals surface area (Å²) in [5, 5.41) is 0. The Bertz CT molecular complexity index is 763. The maximum absolute atomic E-state index is 12.5. The van der Waals surface area contributed by atoms with Gasteiger partial charge in [0.1, 0.15) is 24.2 Å². The van der Waals surface area contributed by atoms with E-state index in [1.54, 1.807) is 20.3 Å². The van der Waals surface area contributed by atoms with E-state index in [9.17, 15) is 9.59 Å². The lowest BCUT2D eigenvalue weighted by atomic mass is 9.72. The van der Waals surface area contributed by atoms with Crippen LogP contribution >= 0.6 is 0 Å². The lowest BCUT2D eigenvalue weighted by Gasteiger charge is -2.40. The highest BCUT2D eigenvalue weighted by atomic mass is 16.6. The molecule has 4 atom stereocenters. The lowest BCUT2D eigenvalue weighted by Crippen LogP contribution is -2.46. The Morgan fingerprint density at radius 3 is 2.45 bits per heavy atom. The standard InChI is InChI=1S/C26H36O5/c1-18(2)7-6-8-19(3)25-21(17-27)12-15-23(26(25)30-5)31-24(28)16-11-20-9-13-22(29-4)14-10-20/h8-11,13-14,16-18,21,23,25-26H,6-7,12,15H2,1-5H3/b16-11+,19-8+/t21-,23-,25-,26-/m1/s1. The fourth-order valence-electron chi connectivity index (χ4n) is 4.20. The smallest absolute Gasteiger partial charge is 0.331 e. The number of hydrogen-bond donors (Lipinski definition) is 0. The summed E-state index contributed by atoms with van der Waals surface area (Å²) >= 11 is 0. The zero-order chi connectivity index (χ0) is 22.8. The van der Waals surface area contributed by atoms with Crippen molar-refractivity contribution in [1.29, 1.82) is 0 Å². The van der Waals surface area contributed by atoms with Crippen LogP contribution in [0, 0.1) is 17.8 Å². The Labute approximate surface area is 186 Å². The van der Waals surface area contributed by atoms with Gasteiger partial charge < -0.3 is 19.0 Å². The molecule has 0 radical (unpaired) electrons. The van der Waals surface area contributed by atoms with Gasteiger partial charge in [0.15, 0.2) is 0 Å². The second-order valence-corrected chi connectivity index (χ2v) is 8.60. The molecule has 0 unspecified atom stereocenters. The molecule has 0 aliphatic heterocycles. The maximum Gasteiger partial charge on any atom is 0.331 e. The number of aldehydes is 1. The van der Waals surface area contributed by atoms with Crippen molar-refractivity contribution in [2.75, 3.05) is 14.2 Å². The summed E-state index contributed by atoms with van der Waals surface area (Å²) in [6.07, 6.45) is 9.03. The highest BCUT2D eigenvalue weighted by Gasteiger charge is 2.42. The second kappa shape index (κ2) is 12.5. The summed E-state index contributed by atoms with van der Waals surface area (Å²) in [5.41, 5.74) is 2.02. The number of allylic oxidation sites excluding steroid dienone is 1. The van der Waals surface area contributed by atoms with Crippen LogP contribution in [0.5, 0.6) is 5.75 Å². The number of rotatable bonds is 10. The number of benzene rings is 1. The van der Waals surface area contributed by atoms with E-state index in [0.717, 1.165) is 36.0 Å². The third-order valence-electron chi connectivity index (χ3n) is 5.94. The molecule has 0 amide bonds. The first-order valence-electron chi connectivity index (χ1n) is 11.1. The van der Waals surface area contributed by atoms with Gasteiger partial charge in [0, 0.05) is 25.0 Å². The fraction of sp³-hybridized carbons (Fsp3) is 0.538. The predicted octanol–water partition coefficient (Wildman–Crippen LogP) is 5.24. The minimum Gasteiger partial charge on any atom is -0.497 e. The lowest BCUT2D eigenvalue weighted by molar-refractivity contribution is -0.159. The van der Waals surface area contributed by atoms with E-state index in [4.69, 9.17) is 14.2 Å². The van der Waals surface area contributed by atoms with Crippen LogP contribution in [0.4, 0.5) is 0 Å². The van der Waals surface area contributed by atoms with Crippen LogP contribution in [0.25, 0.3) is 6.08 Å². The Morgan fingerprint density at radius 1 is 1.16 bits per heavy atom. The molecule has 0 bridgehead atoms. The number of hydrogen-bond acceptors (Lipinski definition) is 5. The molecular formula is C26H36O5. The van der Waals surface area contributed by atoms with Gasteiger partial charge in [-0.15, -0.1) is 0 Å². The van der Waals surface area contributed by atoms with E-state index in [0.29, 0.717) is 18.8 Å². The van der Waals surface area contributed by atoms with Crippen LogP contribution in [0.3, 0.4) is 0 Å². The molecule has 170 valence electrons. The van der Waals surface area contributed by atoms with Gasteiger partial charge in [-0.1, -0.05) is 37.6 Å².